The van der Waals surface area contributed by atoms with E-state index in [1.54, 1.807) is 6.07 Å². The van der Waals surface area contributed by atoms with Gasteiger partial charge >= 0.3 is 0 Å². The van der Waals surface area contributed by atoms with E-state index in [0.29, 0.717) is 24.5 Å². The van der Waals surface area contributed by atoms with E-state index in [4.69, 9.17) is 15.7 Å². The lowest BCUT2D eigenvalue weighted by Gasteiger charge is -2.09. The average molecular weight is 176 g/mol. The van der Waals surface area contributed by atoms with Gasteiger partial charge in [-0.15, -0.1) is 0 Å². The molecule has 0 amide bonds. The molecule has 3 nitrogen and oxygen atoms in total. The number of nitriles is 1. The maximum atomic E-state index is 8.32. The molecule has 2 N–H and O–H groups in total. The van der Waals surface area contributed by atoms with Crippen LogP contribution in [0.1, 0.15) is 12.0 Å². The molecule has 0 aromatic heterocycles. The number of ether oxygens (including phenoxy) is 1. The third kappa shape index (κ3) is 2.38. The van der Waals surface area contributed by atoms with Gasteiger partial charge in [0.15, 0.2) is 0 Å². The lowest BCUT2D eigenvalue weighted by Crippen LogP contribution is -2.00. The second-order valence-corrected chi connectivity index (χ2v) is 2.75. The molecule has 1 aromatic carbocycles. The van der Waals surface area contributed by atoms with Crippen molar-refractivity contribution in [2.45, 2.75) is 13.3 Å². The van der Waals surface area contributed by atoms with E-state index in [2.05, 4.69) is 0 Å². The first-order chi connectivity index (χ1) is 6.25. The Labute approximate surface area is 77.7 Å². The SMILES string of the molecule is Cc1cccc(N)c1OCCC#N. The zero-order valence-corrected chi connectivity index (χ0v) is 7.58. The molecule has 0 spiro atoms. The highest BCUT2D eigenvalue weighted by Crippen LogP contribution is 2.25. The number of hydrogen-bond acceptors (Lipinski definition) is 3. The molecule has 0 fully saturated rings. The molecule has 13 heavy (non-hydrogen) atoms. The van der Waals surface area contributed by atoms with Crippen molar-refractivity contribution in [1.82, 2.24) is 0 Å². The van der Waals surface area contributed by atoms with Crippen LogP contribution in [0.2, 0.25) is 0 Å². The molecule has 1 rings (SSSR count). The lowest BCUT2D eigenvalue weighted by molar-refractivity contribution is 0.326. The molecule has 0 saturated carbocycles. The molecule has 0 heterocycles. The number of nitrogens with zero attached hydrogens (tertiary/aromatic N) is 1. The van der Waals surface area contributed by atoms with Crippen molar-refractivity contribution in [2.75, 3.05) is 12.3 Å². The number of hydrogen-bond donors (Lipinski definition) is 1. The van der Waals surface area contributed by atoms with Crippen LogP contribution in [0.4, 0.5) is 5.69 Å². The molecule has 0 aliphatic carbocycles. The van der Waals surface area contributed by atoms with Crippen LogP contribution < -0.4 is 10.5 Å². The summed E-state index contributed by atoms with van der Waals surface area (Å²) in [6.45, 7) is 2.32. The summed E-state index contributed by atoms with van der Waals surface area (Å²) in [5.74, 6) is 0.692. The number of aryl methyl sites for hydroxylation is 1. The summed E-state index contributed by atoms with van der Waals surface area (Å²) in [5, 5.41) is 8.32. The third-order valence-corrected chi connectivity index (χ3v) is 1.70. The van der Waals surface area contributed by atoms with Gasteiger partial charge in [-0.25, -0.2) is 0 Å². The van der Waals surface area contributed by atoms with Gasteiger partial charge in [0.25, 0.3) is 0 Å². The first-order valence-corrected chi connectivity index (χ1v) is 4.10. The van der Waals surface area contributed by atoms with Crippen LogP contribution in [-0.4, -0.2) is 6.61 Å². The lowest BCUT2D eigenvalue weighted by atomic mass is 10.2. The van der Waals surface area contributed by atoms with Crippen LogP contribution in [-0.2, 0) is 0 Å². The van der Waals surface area contributed by atoms with Gasteiger partial charge in [0, 0.05) is 0 Å². The van der Waals surface area contributed by atoms with Crippen LogP contribution in [0, 0.1) is 18.3 Å². The number of nitrogen functional groups attached to an aromatic ring is 1. The molecule has 0 atom stereocenters. The zero-order valence-electron chi connectivity index (χ0n) is 7.58. The molecule has 3 heteroatoms. The van der Waals surface area contributed by atoms with Crippen LogP contribution >= 0.6 is 0 Å². The van der Waals surface area contributed by atoms with E-state index in [-0.39, 0.29) is 0 Å². The van der Waals surface area contributed by atoms with Crippen molar-refractivity contribution in [3.05, 3.63) is 23.8 Å². The molecule has 0 bridgehead atoms. The Bertz CT molecular complexity index is 308. The average Bonchev–Trinajstić information content (AvgIpc) is 2.10. The monoisotopic (exact) mass is 176 g/mol. The minimum Gasteiger partial charge on any atom is -0.490 e. The Balaban J connectivity index is 2.71. The molecule has 68 valence electrons. The fourth-order valence-electron chi connectivity index (χ4n) is 1.07. The van der Waals surface area contributed by atoms with Gasteiger partial charge in [-0.3, -0.25) is 0 Å². The van der Waals surface area contributed by atoms with Crippen LogP contribution in [0.15, 0.2) is 18.2 Å². The third-order valence-electron chi connectivity index (χ3n) is 1.70. The van der Waals surface area contributed by atoms with Crippen LogP contribution in [0.5, 0.6) is 5.75 Å². The highest BCUT2D eigenvalue weighted by atomic mass is 16.5. The molecule has 1 aromatic rings. The minimum atomic E-state index is 0.383. The van der Waals surface area contributed by atoms with E-state index < -0.39 is 0 Å². The maximum Gasteiger partial charge on any atom is 0.145 e. The molecular formula is C10H12N2O. The van der Waals surface area contributed by atoms with E-state index >= 15 is 0 Å². The number of benzene rings is 1. The second-order valence-electron chi connectivity index (χ2n) is 2.75. The number of anilines is 1. The summed E-state index contributed by atoms with van der Waals surface area (Å²) in [7, 11) is 0. The summed E-state index contributed by atoms with van der Waals surface area (Å²) in [6, 6.07) is 7.60. The van der Waals surface area contributed by atoms with E-state index in [9.17, 15) is 0 Å². The minimum absolute atomic E-state index is 0.383. The number of rotatable bonds is 3. The van der Waals surface area contributed by atoms with E-state index in [1.165, 1.54) is 0 Å². The topological polar surface area (TPSA) is 59.0 Å². The molecule has 0 radical (unpaired) electrons. The van der Waals surface area contributed by atoms with Crippen molar-refractivity contribution in [3.8, 4) is 11.8 Å². The maximum absolute atomic E-state index is 8.32. The van der Waals surface area contributed by atoms with Gasteiger partial charge in [-0.05, 0) is 18.6 Å². The van der Waals surface area contributed by atoms with Gasteiger partial charge < -0.3 is 10.5 Å². The summed E-state index contributed by atoms with van der Waals surface area (Å²) in [6.07, 6.45) is 0.383. The standard InChI is InChI=1S/C10H12N2O/c1-8-4-2-5-9(12)10(8)13-7-3-6-11/h2,4-5H,3,7,12H2,1H3. The van der Waals surface area contributed by atoms with Crippen molar-refractivity contribution in [3.63, 3.8) is 0 Å². The summed E-state index contributed by atoms with van der Waals surface area (Å²) in [5.41, 5.74) is 7.32. The Morgan fingerprint density at radius 1 is 1.54 bits per heavy atom. The number of para-hydroxylation sites is 1. The highest BCUT2D eigenvalue weighted by Gasteiger charge is 2.02. The summed E-state index contributed by atoms with van der Waals surface area (Å²) in [4.78, 5) is 0. The predicted octanol–water partition coefficient (Wildman–Crippen LogP) is 1.87. The quantitative estimate of drug-likeness (QED) is 0.565. The second kappa shape index (κ2) is 4.36. The molecule has 0 unspecified atom stereocenters. The summed E-state index contributed by atoms with van der Waals surface area (Å²) >= 11 is 0. The normalized spacial score (nSPS) is 9.23. The first-order valence-electron chi connectivity index (χ1n) is 4.10. The van der Waals surface area contributed by atoms with Gasteiger partial charge in [0.2, 0.25) is 0 Å². The van der Waals surface area contributed by atoms with Crippen molar-refractivity contribution >= 4 is 5.69 Å². The van der Waals surface area contributed by atoms with Crippen molar-refractivity contribution in [1.29, 1.82) is 5.26 Å². The predicted molar refractivity (Wildman–Crippen MR) is 51.3 cm³/mol. The van der Waals surface area contributed by atoms with Gasteiger partial charge in [-0.1, -0.05) is 12.1 Å². The molecule has 0 aliphatic rings. The Morgan fingerprint density at radius 3 is 2.92 bits per heavy atom. The van der Waals surface area contributed by atoms with E-state index in [1.807, 2.05) is 25.1 Å². The van der Waals surface area contributed by atoms with Crippen LogP contribution in [0.25, 0.3) is 0 Å². The molecule has 0 saturated heterocycles. The smallest absolute Gasteiger partial charge is 0.145 e. The van der Waals surface area contributed by atoms with Gasteiger partial charge in [-0.2, -0.15) is 5.26 Å². The fourth-order valence-corrected chi connectivity index (χ4v) is 1.07. The first kappa shape index (κ1) is 9.40. The number of nitrogens with two attached hydrogens (primary N) is 1. The summed E-state index contributed by atoms with van der Waals surface area (Å²) < 4.78 is 5.36. The molecule has 0 aliphatic heterocycles. The highest BCUT2D eigenvalue weighted by molar-refractivity contribution is 5.56. The fraction of sp³-hybridized carbons (Fsp3) is 0.300. The molecular weight excluding hydrogens is 164 g/mol. The Kier molecular flexibility index (Phi) is 3.15. The van der Waals surface area contributed by atoms with Crippen molar-refractivity contribution < 1.29 is 4.74 Å². The Hall–Kier alpha value is -1.69. The van der Waals surface area contributed by atoms with Crippen molar-refractivity contribution in [2.24, 2.45) is 0 Å². The van der Waals surface area contributed by atoms with Gasteiger partial charge in [0.05, 0.1) is 18.2 Å². The Morgan fingerprint density at radius 2 is 2.31 bits per heavy atom. The zero-order chi connectivity index (χ0) is 9.68. The van der Waals surface area contributed by atoms with Crippen LogP contribution in [0.3, 0.4) is 0 Å². The van der Waals surface area contributed by atoms with Gasteiger partial charge in [0.1, 0.15) is 12.4 Å². The van der Waals surface area contributed by atoms with E-state index in [0.717, 1.165) is 5.56 Å². The largest absolute Gasteiger partial charge is 0.490 e.